The van der Waals surface area contributed by atoms with Crippen molar-refractivity contribution in [2.45, 2.75) is 33.0 Å². The number of H-pyrrole nitrogens is 1. The van der Waals surface area contributed by atoms with Gasteiger partial charge in [0.05, 0.1) is 23.6 Å². The molecule has 4 nitrogen and oxygen atoms in total. The predicted molar refractivity (Wildman–Crippen MR) is 92.3 cm³/mol. The molecule has 0 fully saturated rings. The fourth-order valence-electron chi connectivity index (χ4n) is 2.39. The maximum Gasteiger partial charge on any atom is 0.259 e. The van der Waals surface area contributed by atoms with Crippen LogP contribution in [0.25, 0.3) is 22.3 Å². The number of nitrogens with one attached hydrogen (secondary N) is 1. The number of hydrogen-bond acceptors (Lipinski definition) is 3. The molecule has 4 heteroatoms. The standard InChI is InChI=1S/C19H20N2O2/c1-3-13(2)23-12-14-7-6-8-15(11-14)18-20-17-10-5-4-9-16(17)19(22)21-18/h4-11,13H,3,12H2,1-2H3,(H,20,21,22). The highest BCUT2D eigenvalue weighted by Crippen LogP contribution is 2.18. The Morgan fingerprint density at radius 2 is 2.00 bits per heavy atom. The number of nitrogens with zero attached hydrogens (tertiary/aromatic N) is 1. The number of hydrogen-bond donors (Lipinski definition) is 1. The minimum absolute atomic E-state index is 0.119. The van der Waals surface area contributed by atoms with Crippen LogP contribution in [0.1, 0.15) is 25.8 Å². The summed E-state index contributed by atoms with van der Waals surface area (Å²) in [6, 6.07) is 15.3. The maximum absolute atomic E-state index is 12.2. The Bertz CT molecular complexity index is 870. The second-order valence-corrected chi connectivity index (χ2v) is 5.66. The van der Waals surface area contributed by atoms with E-state index >= 15 is 0 Å². The first-order chi connectivity index (χ1) is 11.2. The van der Waals surface area contributed by atoms with Gasteiger partial charge in [-0.1, -0.05) is 37.3 Å². The highest BCUT2D eigenvalue weighted by molar-refractivity contribution is 5.79. The Kier molecular flexibility index (Phi) is 4.53. The number of aromatic nitrogens is 2. The van der Waals surface area contributed by atoms with Gasteiger partial charge in [-0.2, -0.15) is 0 Å². The predicted octanol–water partition coefficient (Wildman–Crippen LogP) is 3.91. The number of rotatable bonds is 5. The molecule has 23 heavy (non-hydrogen) atoms. The Morgan fingerprint density at radius 1 is 1.17 bits per heavy atom. The lowest BCUT2D eigenvalue weighted by Gasteiger charge is -2.11. The van der Waals surface area contributed by atoms with Gasteiger partial charge in [0, 0.05) is 5.56 Å². The van der Waals surface area contributed by atoms with Gasteiger partial charge in [0.25, 0.3) is 5.56 Å². The van der Waals surface area contributed by atoms with Gasteiger partial charge in [0.2, 0.25) is 0 Å². The van der Waals surface area contributed by atoms with Crippen LogP contribution in [-0.4, -0.2) is 16.1 Å². The highest BCUT2D eigenvalue weighted by atomic mass is 16.5. The maximum atomic E-state index is 12.2. The van der Waals surface area contributed by atoms with Gasteiger partial charge >= 0.3 is 0 Å². The fourth-order valence-corrected chi connectivity index (χ4v) is 2.39. The molecule has 0 aliphatic carbocycles. The summed E-state index contributed by atoms with van der Waals surface area (Å²) in [6.45, 7) is 4.72. The second-order valence-electron chi connectivity index (χ2n) is 5.66. The molecule has 1 N–H and O–H groups in total. The van der Waals surface area contributed by atoms with E-state index in [1.165, 1.54) is 0 Å². The van der Waals surface area contributed by atoms with Crippen LogP contribution in [0.2, 0.25) is 0 Å². The molecule has 1 atom stereocenters. The summed E-state index contributed by atoms with van der Waals surface area (Å²) in [4.78, 5) is 19.6. The number of fused-ring (bicyclic) bond motifs is 1. The van der Waals surface area contributed by atoms with Crippen molar-refractivity contribution in [1.82, 2.24) is 9.97 Å². The van der Waals surface area contributed by atoms with E-state index in [1.54, 1.807) is 6.07 Å². The first kappa shape index (κ1) is 15.4. The van der Waals surface area contributed by atoms with Crippen molar-refractivity contribution in [1.29, 1.82) is 0 Å². The van der Waals surface area contributed by atoms with Crippen LogP contribution >= 0.6 is 0 Å². The SMILES string of the molecule is CCC(C)OCc1cccc(-c2nc3ccccc3c(=O)[nH]2)c1. The Labute approximate surface area is 135 Å². The molecule has 0 radical (unpaired) electrons. The van der Waals surface area contributed by atoms with Gasteiger partial charge in [0.1, 0.15) is 5.82 Å². The van der Waals surface area contributed by atoms with Gasteiger partial charge in [-0.15, -0.1) is 0 Å². The molecule has 0 saturated heterocycles. The molecular formula is C19H20N2O2. The Hall–Kier alpha value is -2.46. The monoisotopic (exact) mass is 308 g/mol. The normalized spacial score (nSPS) is 12.4. The number of benzene rings is 2. The Morgan fingerprint density at radius 3 is 2.83 bits per heavy atom. The van der Waals surface area contributed by atoms with E-state index in [1.807, 2.05) is 42.5 Å². The van der Waals surface area contributed by atoms with Crippen LogP contribution < -0.4 is 5.56 Å². The van der Waals surface area contributed by atoms with E-state index in [4.69, 9.17) is 4.74 Å². The molecule has 118 valence electrons. The van der Waals surface area contributed by atoms with E-state index in [-0.39, 0.29) is 11.7 Å². The summed E-state index contributed by atoms with van der Waals surface area (Å²) in [7, 11) is 0. The van der Waals surface area contributed by atoms with Gasteiger partial charge in [-0.3, -0.25) is 4.79 Å². The van der Waals surface area contributed by atoms with Gasteiger partial charge in [-0.25, -0.2) is 4.98 Å². The molecule has 1 aromatic heterocycles. The zero-order chi connectivity index (χ0) is 16.2. The van der Waals surface area contributed by atoms with Crippen molar-refractivity contribution in [2.24, 2.45) is 0 Å². The quantitative estimate of drug-likeness (QED) is 0.777. The largest absolute Gasteiger partial charge is 0.374 e. The van der Waals surface area contributed by atoms with Crippen LogP contribution in [0, 0.1) is 0 Å². The second kappa shape index (κ2) is 6.75. The zero-order valence-electron chi connectivity index (χ0n) is 13.4. The molecule has 1 unspecified atom stereocenters. The fraction of sp³-hybridized carbons (Fsp3) is 0.263. The van der Waals surface area contributed by atoms with Gasteiger partial charge in [-0.05, 0) is 37.1 Å². The molecule has 0 spiro atoms. The molecule has 2 aromatic carbocycles. The molecule has 3 rings (SSSR count). The molecule has 0 saturated carbocycles. The number of para-hydroxylation sites is 1. The van der Waals surface area contributed by atoms with E-state index in [0.717, 1.165) is 17.5 Å². The lowest BCUT2D eigenvalue weighted by Crippen LogP contribution is -2.09. The molecule has 1 heterocycles. The summed E-state index contributed by atoms with van der Waals surface area (Å²) in [5.41, 5.74) is 2.54. The van der Waals surface area contributed by atoms with E-state index < -0.39 is 0 Å². The number of ether oxygens (including phenoxy) is 1. The molecule has 0 amide bonds. The van der Waals surface area contributed by atoms with Crippen molar-refractivity contribution in [3.05, 3.63) is 64.4 Å². The summed E-state index contributed by atoms with van der Waals surface area (Å²) in [5.74, 6) is 0.582. The lowest BCUT2D eigenvalue weighted by molar-refractivity contribution is 0.0509. The Balaban J connectivity index is 1.94. The summed E-state index contributed by atoms with van der Waals surface area (Å²) in [5, 5.41) is 0.604. The third kappa shape index (κ3) is 3.48. The summed E-state index contributed by atoms with van der Waals surface area (Å²) in [6.07, 6.45) is 1.22. The van der Waals surface area contributed by atoms with Gasteiger partial charge in [0.15, 0.2) is 0 Å². The first-order valence-electron chi connectivity index (χ1n) is 7.87. The molecule has 0 aliphatic rings. The van der Waals surface area contributed by atoms with Crippen LogP contribution in [0.4, 0.5) is 0 Å². The van der Waals surface area contributed by atoms with Crippen molar-refractivity contribution >= 4 is 10.9 Å². The average Bonchev–Trinajstić information content (AvgIpc) is 2.60. The minimum Gasteiger partial charge on any atom is -0.374 e. The first-order valence-corrected chi connectivity index (χ1v) is 7.87. The van der Waals surface area contributed by atoms with Crippen molar-refractivity contribution in [2.75, 3.05) is 0 Å². The van der Waals surface area contributed by atoms with Crippen LogP contribution in [0.5, 0.6) is 0 Å². The highest BCUT2D eigenvalue weighted by Gasteiger charge is 2.07. The lowest BCUT2D eigenvalue weighted by atomic mass is 10.1. The molecule has 3 aromatic rings. The van der Waals surface area contributed by atoms with E-state index in [2.05, 4.69) is 23.8 Å². The van der Waals surface area contributed by atoms with Crippen molar-refractivity contribution in [3.63, 3.8) is 0 Å². The molecule has 0 aliphatic heterocycles. The topological polar surface area (TPSA) is 55.0 Å². The number of aromatic amines is 1. The van der Waals surface area contributed by atoms with Crippen LogP contribution in [-0.2, 0) is 11.3 Å². The van der Waals surface area contributed by atoms with Crippen LogP contribution in [0.3, 0.4) is 0 Å². The van der Waals surface area contributed by atoms with Crippen molar-refractivity contribution in [3.8, 4) is 11.4 Å². The van der Waals surface area contributed by atoms with Crippen LogP contribution in [0.15, 0.2) is 53.3 Å². The molecular weight excluding hydrogens is 288 g/mol. The van der Waals surface area contributed by atoms with Gasteiger partial charge < -0.3 is 9.72 Å². The average molecular weight is 308 g/mol. The third-order valence-corrected chi connectivity index (χ3v) is 3.92. The van der Waals surface area contributed by atoms with Crippen molar-refractivity contribution < 1.29 is 4.74 Å². The van der Waals surface area contributed by atoms with E-state index in [0.29, 0.717) is 23.3 Å². The summed E-state index contributed by atoms with van der Waals surface area (Å²) >= 11 is 0. The summed E-state index contributed by atoms with van der Waals surface area (Å²) < 4.78 is 5.77. The zero-order valence-corrected chi connectivity index (χ0v) is 13.4. The molecule has 0 bridgehead atoms. The third-order valence-electron chi connectivity index (χ3n) is 3.92. The minimum atomic E-state index is -0.119. The smallest absolute Gasteiger partial charge is 0.259 e. The van der Waals surface area contributed by atoms with E-state index in [9.17, 15) is 4.79 Å².